The zero-order valence-corrected chi connectivity index (χ0v) is 15.8. The summed E-state index contributed by atoms with van der Waals surface area (Å²) in [6.07, 6.45) is -0.00886. The number of ether oxygens (including phenoxy) is 2. The van der Waals surface area contributed by atoms with Crippen LogP contribution in [0.15, 0.2) is 42.5 Å². The molecule has 0 saturated heterocycles. The van der Waals surface area contributed by atoms with E-state index in [1.54, 1.807) is 7.11 Å². The number of carbonyl (C=O) groups excluding carboxylic acids is 2. The normalized spacial score (nSPS) is 15.7. The molecule has 0 fully saturated rings. The lowest BCUT2D eigenvalue weighted by Crippen LogP contribution is -2.49. The fourth-order valence-electron chi connectivity index (χ4n) is 3.00. The maximum atomic E-state index is 12.7. The van der Waals surface area contributed by atoms with Crippen molar-refractivity contribution in [3.8, 4) is 11.5 Å². The van der Waals surface area contributed by atoms with E-state index in [0.29, 0.717) is 24.4 Å². The molecular formula is C21H24N2O4. The quantitative estimate of drug-likeness (QED) is 0.851. The minimum absolute atomic E-state index is 0.0364. The van der Waals surface area contributed by atoms with Crippen molar-refractivity contribution in [1.82, 2.24) is 5.32 Å². The summed E-state index contributed by atoms with van der Waals surface area (Å²) >= 11 is 0. The van der Waals surface area contributed by atoms with Crippen LogP contribution in [0, 0.1) is 6.92 Å². The van der Waals surface area contributed by atoms with E-state index in [1.165, 1.54) is 4.90 Å². The van der Waals surface area contributed by atoms with Gasteiger partial charge in [-0.05, 0) is 48.7 Å². The van der Waals surface area contributed by atoms with Crippen LogP contribution in [0.25, 0.3) is 0 Å². The van der Waals surface area contributed by atoms with Gasteiger partial charge in [-0.2, -0.15) is 0 Å². The third-order valence-electron chi connectivity index (χ3n) is 4.54. The lowest BCUT2D eigenvalue weighted by Gasteiger charge is -2.33. The van der Waals surface area contributed by atoms with Gasteiger partial charge in [0.25, 0.3) is 5.91 Å². The highest BCUT2D eigenvalue weighted by Crippen LogP contribution is 2.35. The second kappa shape index (κ2) is 8.12. The summed E-state index contributed by atoms with van der Waals surface area (Å²) in [5.41, 5.74) is 2.60. The van der Waals surface area contributed by atoms with E-state index in [2.05, 4.69) is 5.32 Å². The first kappa shape index (κ1) is 18.8. The van der Waals surface area contributed by atoms with Crippen molar-refractivity contribution < 1.29 is 19.1 Å². The Kier molecular flexibility index (Phi) is 5.64. The zero-order valence-electron chi connectivity index (χ0n) is 15.8. The Labute approximate surface area is 159 Å². The average Bonchev–Trinajstić information content (AvgIpc) is 2.69. The van der Waals surface area contributed by atoms with Crippen molar-refractivity contribution in [2.24, 2.45) is 0 Å². The van der Waals surface area contributed by atoms with E-state index in [-0.39, 0.29) is 18.4 Å². The third kappa shape index (κ3) is 4.22. The zero-order chi connectivity index (χ0) is 19.4. The number of rotatable bonds is 6. The van der Waals surface area contributed by atoms with Crippen LogP contribution in [-0.2, 0) is 16.1 Å². The Hall–Kier alpha value is -3.02. The number of benzene rings is 2. The van der Waals surface area contributed by atoms with Gasteiger partial charge in [-0.25, -0.2) is 0 Å². The second-order valence-corrected chi connectivity index (χ2v) is 6.54. The molecule has 1 heterocycles. The van der Waals surface area contributed by atoms with E-state index >= 15 is 0 Å². The number of aryl methyl sites for hydroxylation is 1. The van der Waals surface area contributed by atoms with Crippen molar-refractivity contribution in [2.45, 2.75) is 32.9 Å². The van der Waals surface area contributed by atoms with Gasteiger partial charge in [0, 0.05) is 6.54 Å². The monoisotopic (exact) mass is 368 g/mol. The molecule has 1 aliphatic rings. The number of fused-ring (bicyclic) bond motifs is 1. The van der Waals surface area contributed by atoms with Gasteiger partial charge >= 0.3 is 0 Å². The van der Waals surface area contributed by atoms with Crippen LogP contribution < -0.4 is 19.7 Å². The number of anilines is 1. The number of nitrogens with zero attached hydrogens (tertiary/aromatic N) is 1. The van der Waals surface area contributed by atoms with Gasteiger partial charge in [-0.3, -0.25) is 14.5 Å². The molecule has 27 heavy (non-hydrogen) atoms. The number of hydrogen-bond donors (Lipinski definition) is 1. The van der Waals surface area contributed by atoms with Gasteiger partial charge in [0.15, 0.2) is 6.10 Å². The summed E-state index contributed by atoms with van der Waals surface area (Å²) in [4.78, 5) is 26.7. The van der Waals surface area contributed by atoms with E-state index in [4.69, 9.17) is 9.47 Å². The summed E-state index contributed by atoms with van der Waals surface area (Å²) < 4.78 is 10.9. The number of methoxy groups -OCH3 is 1. The van der Waals surface area contributed by atoms with Gasteiger partial charge in [0.05, 0.1) is 12.8 Å². The Bertz CT molecular complexity index is 833. The minimum Gasteiger partial charge on any atom is -0.497 e. The minimum atomic E-state index is -0.561. The topological polar surface area (TPSA) is 67.9 Å². The van der Waals surface area contributed by atoms with Crippen molar-refractivity contribution in [1.29, 1.82) is 0 Å². The number of carbonyl (C=O) groups is 2. The van der Waals surface area contributed by atoms with Crippen LogP contribution in [0.1, 0.15) is 24.5 Å². The predicted molar refractivity (Wildman–Crippen MR) is 103 cm³/mol. The number of hydrogen-bond acceptors (Lipinski definition) is 4. The highest BCUT2D eigenvalue weighted by molar-refractivity contribution is 6.03. The van der Waals surface area contributed by atoms with Crippen LogP contribution in [0.3, 0.4) is 0 Å². The van der Waals surface area contributed by atoms with Crippen molar-refractivity contribution in [3.05, 3.63) is 53.6 Å². The SMILES string of the molecule is CC[C@H]1Oc2ccc(C)cc2N(CC(=O)NCc2ccc(OC)cc2)C1=O. The second-order valence-electron chi connectivity index (χ2n) is 6.54. The fraction of sp³-hybridized carbons (Fsp3) is 0.333. The van der Waals surface area contributed by atoms with Crippen molar-refractivity contribution >= 4 is 17.5 Å². The molecule has 142 valence electrons. The third-order valence-corrected chi connectivity index (χ3v) is 4.54. The maximum absolute atomic E-state index is 12.7. The molecule has 0 aliphatic carbocycles. The molecule has 6 nitrogen and oxygen atoms in total. The maximum Gasteiger partial charge on any atom is 0.268 e. The van der Waals surface area contributed by atoms with Crippen LogP contribution in [0.5, 0.6) is 11.5 Å². The largest absolute Gasteiger partial charge is 0.497 e. The van der Waals surface area contributed by atoms with E-state index in [9.17, 15) is 9.59 Å². The Morgan fingerprint density at radius 2 is 1.96 bits per heavy atom. The molecule has 0 aromatic heterocycles. The van der Waals surface area contributed by atoms with Gasteiger partial charge in [0.1, 0.15) is 18.0 Å². The summed E-state index contributed by atoms with van der Waals surface area (Å²) in [5.74, 6) is 0.996. The molecule has 6 heteroatoms. The summed E-state index contributed by atoms with van der Waals surface area (Å²) in [7, 11) is 1.61. The lowest BCUT2D eigenvalue weighted by atomic mass is 10.1. The fourth-order valence-corrected chi connectivity index (χ4v) is 3.00. The molecule has 1 N–H and O–H groups in total. The Morgan fingerprint density at radius 3 is 2.63 bits per heavy atom. The van der Waals surface area contributed by atoms with Crippen LogP contribution in [0.2, 0.25) is 0 Å². The molecule has 1 aliphatic heterocycles. The summed E-state index contributed by atoms with van der Waals surface area (Å²) in [5, 5.41) is 2.87. The lowest BCUT2D eigenvalue weighted by molar-refractivity contribution is -0.129. The van der Waals surface area contributed by atoms with Crippen LogP contribution in [-0.4, -0.2) is 31.6 Å². The number of amides is 2. The highest BCUT2D eigenvalue weighted by atomic mass is 16.5. The van der Waals surface area contributed by atoms with Gasteiger partial charge < -0.3 is 14.8 Å². The molecule has 2 aromatic carbocycles. The molecule has 2 amide bonds. The summed E-state index contributed by atoms with van der Waals surface area (Å²) in [6, 6.07) is 13.1. The average molecular weight is 368 g/mol. The van der Waals surface area contributed by atoms with Crippen molar-refractivity contribution in [2.75, 3.05) is 18.6 Å². The smallest absolute Gasteiger partial charge is 0.268 e. The van der Waals surface area contributed by atoms with Gasteiger partial charge in [-0.15, -0.1) is 0 Å². The van der Waals surface area contributed by atoms with E-state index < -0.39 is 6.10 Å². The molecule has 0 saturated carbocycles. The Morgan fingerprint density at radius 1 is 1.22 bits per heavy atom. The first-order valence-corrected chi connectivity index (χ1v) is 9.00. The molecule has 2 aromatic rings. The standard InChI is InChI=1S/C21H24N2O4/c1-4-18-21(25)23(17-11-14(2)5-10-19(17)27-18)13-20(24)22-12-15-6-8-16(26-3)9-7-15/h5-11,18H,4,12-13H2,1-3H3,(H,22,24)/t18-/m1/s1. The van der Waals surface area contributed by atoms with Gasteiger partial charge in [-0.1, -0.05) is 25.1 Å². The molecule has 0 bridgehead atoms. The van der Waals surface area contributed by atoms with E-state index in [1.807, 2.05) is 56.3 Å². The highest BCUT2D eigenvalue weighted by Gasteiger charge is 2.34. The Balaban J connectivity index is 1.70. The van der Waals surface area contributed by atoms with Crippen LogP contribution in [0.4, 0.5) is 5.69 Å². The van der Waals surface area contributed by atoms with Gasteiger partial charge in [0.2, 0.25) is 5.91 Å². The van der Waals surface area contributed by atoms with Crippen molar-refractivity contribution in [3.63, 3.8) is 0 Å². The summed E-state index contributed by atoms with van der Waals surface area (Å²) in [6.45, 7) is 4.19. The molecule has 3 rings (SSSR count). The predicted octanol–water partition coefficient (Wildman–Crippen LogP) is 2.82. The molecule has 1 atom stereocenters. The number of nitrogens with one attached hydrogen (secondary N) is 1. The molecule has 0 radical (unpaired) electrons. The molecule has 0 spiro atoms. The van der Waals surface area contributed by atoms with E-state index in [0.717, 1.165) is 16.9 Å². The first-order valence-electron chi connectivity index (χ1n) is 9.00. The van der Waals surface area contributed by atoms with Crippen LogP contribution >= 0.6 is 0 Å². The first-order chi connectivity index (χ1) is 13.0. The molecule has 0 unspecified atom stereocenters. The molecular weight excluding hydrogens is 344 g/mol.